The number of rotatable bonds is 4. The first-order valence-electron chi connectivity index (χ1n) is 6.73. The number of carbonyl (C=O) groups excluding carboxylic acids is 1. The lowest BCUT2D eigenvalue weighted by Gasteiger charge is -2.16. The number of amides is 1. The van der Waals surface area contributed by atoms with E-state index < -0.39 is 5.82 Å². The number of aryl methyl sites for hydroxylation is 1. The predicted molar refractivity (Wildman–Crippen MR) is 80.0 cm³/mol. The van der Waals surface area contributed by atoms with Gasteiger partial charge in [-0.1, -0.05) is 24.3 Å². The molecule has 2 aromatic carbocycles. The summed E-state index contributed by atoms with van der Waals surface area (Å²) in [7, 11) is 1.42. The largest absolute Gasteiger partial charge is 0.494 e. The van der Waals surface area contributed by atoms with E-state index in [4.69, 9.17) is 4.74 Å². The molecule has 0 bridgehead atoms. The summed E-state index contributed by atoms with van der Waals surface area (Å²) < 4.78 is 18.6. The zero-order chi connectivity index (χ0) is 15.4. The summed E-state index contributed by atoms with van der Waals surface area (Å²) in [5.41, 5.74) is 2.22. The molecule has 0 aliphatic rings. The topological polar surface area (TPSA) is 38.3 Å². The monoisotopic (exact) mass is 287 g/mol. The summed E-state index contributed by atoms with van der Waals surface area (Å²) in [6, 6.07) is 11.7. The van der Waals surface area contributed by atoms with Crippen molar-refractivity contribution < 1.29 is 13.9 Å². The minimum absolute atomic E-state index is 0.170. The molecule has 1 N–H and O–H groups in total. The first-order valence-corrected chi connectivity index (χ1v) is 6.73. The molecule has 0 fully saturated rings. The summed E-state index contributed by atoms with van der Waals surface area (Å²) in [5.74, 6) is -0.417. The second-order valence-electron chi connectivity index (χ2n) is 4.90. The van der Waals surface area contributed by atoms with Crippen molar-refractivity contribution in [2.24, 2.45) is 0 Å². The van der Waals surface area contributed by atoms with Gasteiger partial charge >= 0.3 is 0 Å². The lowest BCUT2D eigenvalue weighted by atomic mass is 10.1. The molecule has 2 rings (SSSR count). The van der Waals surface area contributed by atoms with Crippen molar-refractivity contribution in [3.05, 3.63) is 65.0 Å². The first kappa shape index (κ1) is 15.0. The van der Waals surface area contributed by atoms with Crippen molar-refractivity contribution in [2.45, 2.75) is 19.9 Å². The van der Waals surface area contributed by atoms with Gasteiger partial charge in [0.05, 0.1) is 13.2 Å². The fraction of sp³-hybridized carbons (Fsp3) is 0.235. The molecule has 0 heterocycles. The summed E-state index contributed by atoms with van der Waals surface area (Å²) >= 11 is 0. The highest BCUT2D eigenvalue weighted by molar-refractivity contribution is 5.95. The van der Waals surface area contributed by atoms with Crippen LogP contribution in [0.3, 0.4) is 0 Å². The molecule has 2 aromatic rings. The SMILES string of the molecule is COc1ccc(C(C)NC(=O)c2ccccc2C)cc1F. The van der Waals surface area contributed by atoms with E-state index in [1.165, 1.54) is 13.2 Å². The third-order valence-corrected chi connectivity index (χ3v) is 3.41. The lowest BCUT2D eigenvalue weighted by Crippen LogP contribution is -2.27. The van der Waals surface area contributed by atoms with Gasteiger partial charge in [0, 0.05) is 5.56 Å². The van der Waals surface area contributed by atoms with Gasteiger partial charge in [-0.2, -0.15) is 0 Å². The number of nitrogens with one attached hydrogen (secondary N) is 1. The van der Waals surface area contributed by atoms with Crippen LogP contribution in [0.5, 0.6) is 5.75 Å². The average Bonchev–Trinajstić information content (AvgIpc) is 2.47. The van der Waals surface area contributed by atoms with Crippen LogP contribution in [0, 0.1) is 12.7 Å². The Bertz CT molecular complexity index is 655. The highest BCUT2D eigenvalue weighted by atomic mass is 19.1. The maximum Gasteiger partial charge on any atom is 0.252 e. The van der Waals surface area contributed by atoms with E-state index in [1.807, 2.05) is 32.0 Å². The van der Waals surface area contributed by atoms with Crippen LogP contribution < -0.4 is 10.1 Å². The van der Waals surface area contributed by atoms with Gasteiger partial charge in [-0.25, -0.2) is 4.39 Å². The highest BCUT2D eigenvalue weighted by Gasteiger charge is 2.14. The van der Waals surface area contributed by atoms with Crippen LogP contribution in [0.1, 0.15) is 34.5 Å². The summed E-state index contributed by atoms with van der Waals surface area (Å²) in [4.78, 5) is 12.2. The van der Waals surface area contributed by atoms with Crippen LogP contribution in [-0.4, -0.2) is 13.0 Å². The lowest BCUT2D eigenvalue weighted by molar-refractivity contribution is 0.0939. The Balaban J connectivity index is 2.14. The number of halogens is 1. The van der Waals surface area contributed by atoms with Crippen molar-refractivity contribution in [3.63, 3.8) is 0 Å². The maximum absolute atomic E-state index is 13.7. The van der Waals surface area contributed by atoms with Gasteiger partial charge in [0.15, 0.2) is 11.6 Å². The second kappa shape index (κ2) is 6.39. The van der Waals surface area contributed by atoms with Gasteiger partial charge in [-0.15, -0.1) is 0 Å². The molecular weight excluding hydrogens is 269 g/mol. The normalized spacial score (nSPS) is 11.8. The van der Waals surface area contributed by atoms with E-state index in [0.717, 1.165) is 5.56 Å². The third kappa shape index (κ3) is 3.40. The number of methoxy groups -OCH3 is 1. The number of hydrogen-bond donors (Lipinski definition) is 1. The van der Waals surface area contributed by atoms with Gasteiger partial charge < -0.3 is 10.1 Å². The number of benzene rings is 2. The zero-order valence-electron chi connectivity index (χ0n) is 12.3. The van der Waals surface area contributed by atoms with Crippen molar-refractivity contribution in [3.8, 4) is 5.75 Å². The average molecular weight is 287 g/mol. The zero-order valence-corrected chi connectivity index (χ0v) is 12.3. The minimum Gasteiger partial charge on any atom is -0.494 e. The molecule has 1 atom stereocenters. The van der Waals surface area contributed by atoms with E-state index in [0.29, 0.717) is 11.1 Å². The molecule has 4 heteroatoms. The molecule has 0 radical (unpaired) electrons. The van der Waals surface area contributed by atoms with Gasteiger partial charge in [0.1, 0.15) is 0 Å². The van der Waals surface area contributed by atoms with Crippen molar-refractivity contribution in [2.75, 3.05) is 7.11 Å². The molecule has 0 spiro atoms. The minimum atomic E-state index is -0.438. The highest BCUT2D eigenvalue weighted by Crippen LogP contribution is 2.22. The Morgan fingerprint density at radius 3 is 2.57 bits per heavy atom. The van der Waals surface area contributed by atoms with Gasteiger partial charge in [-0.3, -0.25) is 4.79 Å². The predicted octanol–water partition coefficient (Wildman–Crippen LogP) is 3.63. The summed E-state index contributed by atoms with van der Waals surface area (Å²) in [5, 5.41) is 2.87. The molecular formula is C17H18FNO2. The number of ether oxygens (including phenoxy) is 1. The molecule has 0 aromatic heterocycles. The van der Waals surface area contributed by atoms with Crippen LogP contribution in [0.2, 0.25) is 0 Å². The third-order valence-electron chi connectivity index (χ3n) is 3.41. The molecule has 3 nitrogen and oxygen atoms in total. The van der Waals surface area contributed by atoms with E-state index in [1.54, 1.807) is 18.2 Å². The molecule has 21 heavy (non-hydrogen) atoms. The number of carbonyl (C=O) groups is 1. The van der Waals surface area contributed by atoms with Crippen LogP contribution in [0.25, 0.3) is 0 Å². The Kier molecular flexibility index (Phi) is 4.58. The van der Waals surface area contributed by atoms with Crippen molar-refractivity contribution in [1.29, 1.82) is 0 Å². The molecule has 110 valence electrons. The van der Waals surface area contributed by atoms with Gasteiger partial charge in [0.25, 0.3) is 5.91 Å². The smallest absolute Gasteiger partial charge is 0.252 e. The van der Waals surface area contributed by atoms with Gasteiger partial charge in [0.2, 0.25) is 0 Å². The van der Waals surface area contributed by atoms with Crippen molar-refractivity contribution >= 4 is 5.91 Å². The van der Waals surface area contributed by atoms with Crippen molar-refractivity contribution in [1.82, 2.24) is 5.32 Å². The molecule has 1 amide bonds. The first-order chi connectivity index (χ1) is 10.0. The quantitative estimate of drug-likeness (QED) is 0.932. The summed E-state index contributed by atoms with van der Waals surface area (Å²) in [6.07, 6.45) is 0. The molecule has 0 aliphatic carbocycles. The van der Waals surface area contributed by atoms with Crippen LogP contribution in [0.15, 0.2) is 42.5 Å². The summed E-state index contributed by atoms with van der Waals surface area (Å²) in [6.45, 7) is 3.70. The van der Waals surface area contributed by atoms with Crippen LogP contribution in [-0.2, 0) is 0 Å². The maximum atomic E-state index is 13.7. The second-order valence-corrected chi connectivity index (χ2v) is 4.90. The fourth-order valence-corrected chi connectivity index (χ4v) is 2.14. The van der Waals surface area contributed by atoms with Crippen LogP contribution in [0.4, 0.5) is 4.39 Å². The van der Waals surface area contributed by atoms with E-state index in [9.17, 15) is 9.18 Å². The molecule has 0 aliphatic heterocycles. The molecule has 1 unspecified atom stereocenters. The molecule has 0 saturated heterocycles. The number of hydrogen-bond acceptors (Lipinski definition) is 2. The van der Waals surface area contributed by atoms with E-state index in [2.05, 4.69) is 5.32 Å². The Morgan fingerprint density at radius 1 is 1.24 bits per heavy atom. The Labute approximate surface area is 123 Å². The van der Waals surface area contributed by atoms with Gasteiger partial charge in [-0.05, 0) is 43.2 Å². The fourth-order valence-electron chi connectivity index (χ4n) is 2.14. The standard InChI is InChI=1S/C17H18FNO2/c1-11-6-4-5-7-14(11)17(20)19-12(2)13-8-9-16(21-3)15(18)10-13/h4-10,12H,1-3H3,(H,19,20). The Morgan fingerprint density at radius 2 is 1.95 bits per heavy atom. The Hall–Kier alpha value is -2.36. The van der Waals surface area contributed by atoms with E-state index >= 15 is 0 Å². The van der Waals surface area contributed by atoms with Crippen LogP contribution >= 0.6 is 0 Å². The van der Waals surface area contributed by atoms with E-state index in [-0.39, 0.29) is 17.7 Å². The molecule has 0 saturated carbocycles.